The van der Waals surface area contributed by atoms with Gasteiger partial charge in [-0.3, -0.25) is 14.4 Å². The van der Waals surface area contributed by atoms with Crippen LogP contribution in [0.15, 0.2) is 60.8 Å². The minimum Gasteiger partial charge on any atom is -0.462 e. The second kappa shape index (κ2) is 48.8. The Balaban J connectivity index is 4.38. The van der Waals surface area contributed by atoms with Crippen molar-refractivity contribution in [2.24, 2.45) is 0 Å². The highest BCUT2D eigenvalue weighted by Gasteiger charge is 2.19. The summed E-state index contributed by atoms with van der Waals surface area (Å²) in [5.41, 5.74) is 0. The molecule has 0 fully saturated rings. The van der Waals surface area contributed by atoms with E-state index in [1.54, 1.807) is 6.08 Å². The van der Waals surface area contributed by atoms with Crippen LogP contribution in [-0.4, -0.2) is 37.2 Å². The third-order valence-corrected chi connectivity index (χ3v) is 10.8. The molecule has 0 rings (SSSR count). The Hall–Kier alpha value is -2.89. The molecule has 0 aromatic rings. The first kappa shape index (κ1) is 57.1. The van der Waals surface area contributed by atoms with Crippen LogP contribution in [0.4, 0.5) is 0 Å². The molecule has 0 aliphatic carbocycles. The lowest BCUT2D eigenvalue weighted by Crippen LogP contribution is -2.30. The van der Waals surface area contributed by atoms with E-state index in [9.17, 15) is 14.4 Å². The van der Waals surface area contributed by atoms with E-state index < -0.39 is 12.1 Å². The van der Waals surface area contributed by atoms with Gasteiger partial charge in [-0.2, -0.15) is 0 Å². The van der Waals surface area contributed by atoms with Crippen molar-refractivity contribution in [3.05, 3.63) is 60.8 Å². The molecule has 0 aliphatic rings. The molecule has 0 aromatic carbocycles. The maximum absolute atomic E-state index is 12.8. The van der Waals surface area contributed by atoms with Crippen LogP contribution in [0.5, 0.6) is 0 Å². The lowest BCUT2D eigenvalue weighted by Gasteiger charge is -2.18. The average Bonchev–Trinajstić information content (AvgIpc) is 3.24. The van der Waals surface area contributed by atoms with E-state index >= 15 is 0 Å². The van der Waals surface area contributed by atoms with Crippen LogP contribution in [0.3, 0.4) is 0 Å². The van der Waals surface area contributed by atoms with Crippen molar-refractivity contribution in [2.45, 2.75) is 252 Å². The van der Waals surface area contributed by atoms with Gasteiger partial charge in [0.05, 0.1) is 6.42 Å². The summed E-state index contributed by atoms with van der Waals surface area (Å²) in [5.74, 6) is -1.05. The summed E-state index contributed by atoms with van der Waals surface area (Å²) in [4.78, 5) is 37.8. The van der Waals surface area contributed by atoms with Gasteiger partial charge in [0, 0.05) is 12.8 Å². The molecule has 6 nitrogen and oxygen atoms in total. The Bertz CT molecular complexity index is 1100. The minimum absolute atomic E-state index is 0.106. The zero-order valence-electron chi connectivity index (χ0n) is 39.5. The number of ether oxygens (including phenoxy) is 3. The number of unbranched alkanes of at least 4 members (excludes halogenated alkanes) is 25. The Morgan fingerprint density at radius 2 is 0.717 bits per heavy atom. The monoisotopic (exact) mass is 839 g/mol. The number of carbonyl (C=O) groups excluding carboxylic acids is 3. The Kier molecular flexibility index (Phi) is 46.4. The molecule has 0 N–H and O–H groups in total. The summed E-state index contributed by atoms with van der Waals surface area (Å²) in [6.07, 6.45) is 59.6. The topological polar surface area (TPSA) is 78.9 Å². The highest BCUT2D eigenvalue weighted by molar-refractivity contribution is 5.72. The van der Waals surface area contributed by atoms with Crippen molar-refractivity contribution in [3.63, 3.8) is 0 Å². The molecule has 6 heteroatoms. The van der Waals surface area contributed by atoms with E-state index in [2.05, 4.69) is 69.4 Å². The van der Waals surface area contributed by atoms with E-state index in [1.807, 2.05) is 6.08 Å². The van der Waals surface area contributed by atoms with Gasteiger partial charge in [-0.1, -0.05) is 204 Å². The van der Waals surface area contributed by atoms with E-state index in [0.717, 1.165) is 70.6 Å². The summed E-state index contributed by atoms with van der Waals surface area (Å²) in [7, 11) is 0. The molecule has 60 heavy (non-hydrogen) atoms. The third-order valence-electron chi connectivity index (χ3n) is 10.8. The van der Waals surface area contributed by atoms with Crippen LogP contribution in [-0.2, 0) is 28.6 Å². The smallest absolute Gasteiger partial charge is 0.309 e. The lowest BCUT2D eigenvalue weighted by atomic mass is 10.1. The van der Waals surface area contributed by atoms with Crippen LogP contribution in [0, 0.1) is 0 Å². The SMILES string of the molecule is CC/C=C\C/C=C\C/C=C\CC(=O)OCC(COC(=O)CCCCCCCCC/C=C\CCCCCCCC)OC(=O)CCCCCCC/C=C\CCCCCCCCC. The van der Waals surface area contributed by atoms with Crippen LogP contribution >= 0.6 is 0 Å². The van der Waals surface area contributed by atoms with Gasteiger partial charge in [0.15, 0.2) is 6.10 Å². The molecule has 0 saturated heterocycles. The Morgan fingerprint density at radius 3 is 1.15 bits per heavy atom. The van der Waals surface area contributed by atoms with Gasteiger partial charge < -0.3 is 14.2 Å². The van der Waals surface area contributed by atoms with Crippen LogP contribution < -0.4 is 0 Å². The van der Waals surface area contributed by atoms with Gasteiger partial charge in [0.25, 0.3) is 0 Å². The van der Waals surface area contributed by atoms with Gasteiger partial charge in [0.2, 0.25) is 0 Å². The zero-order chi connectivity index (χ0) is 43.7. The van der Waals surface area contributed by atoms with E-state index in [-0.39, 0.29) is 31.6 Å². The zero-order valence-corrected chi connectivity index (χ0v) is 39.5. The molecule has 0 heterocycles. The third kappa shape index (κ3) is 46.2. The molecule has 0 radical (unpaired) electrons. The van der Waals surface area contributed by atoms with Crippen LogP contribution in [0.25, 0.3) is 0 Å². The van der Waals surface area contributed by atoms with E-state index in [1.165, 1.54) is 135 Å². The minimum atomic E-state index is -0.813. The molecule has 1 unspecified atom stereocenters. The average molecular weight is 839 g/mol. The molecule has 346 valence electrons. The molecule has 0 saturated carbocycles. The molecule has 1 atom stereocenters. The van der Waals surface area contributed by atoms with E-state index in [4.69, 9.17) is 14.2 Å². The summed E-state index contributed by atoms with van der Waals surface area (Å²) in [6.45, 7) is 6.41. The fraction of sp³-hybridized carbons (Fsp3) is 0.759. The van der Waals surface area contributed by atoms with Gasteiger partial charge in [-0.25, -0.2) is 0 Å². The summed E-state index contributed by atoms with van der Waals surface area (Å²) < 4.78 is 16.6. The highest BCUT2D eigenvalue weighted by Crippen LogP contribution is 2.14. The molecular formula is C54H94O6. The quantitative estimate of drug-likeness (QED) is 0.0263. The van der Waals surface area contributed by atoms with Crippen molar-refractivity contribution in [2.75, 3.05) is 13.2 Å². The molecule has 0 spiro atoms. The van der Waals surface area contributed by atoms with Gasteiger partial charge in [-0.15, -0.1) is 0 Å². The van der Waals surface area contributed by atoms with Crippen molar-refractivity contribution in [1.82, 2.24) is 0 Å². The largest absolute Gasteiger partial charge is 0.462 e. The van der Waals surface area contributed by atoms with Crippen molar-refractivity contribution >= 4 is 17.9 Å². The van der Waals surface area contributed by atoms with Crippen molar-refractivity contribution < 1.29 is 28.6 Å². The lowest BCUT2D eigenvalue weighted by molar-refractivity contribution is -0.166. The Morgan fingerprint density at radius 1 is 0.367 bits per heavy atom. The second-order valence-corrected chi connectivity index (χ2v) is 16.7. The molecule has 0 bridgehead atoms. The predicted octanol–water partition coefficient (Wildman–Crippen LogP) is 16.5. The maximum Gasteiger partial charge on any atom is 0.309 e. The van der Waals surface area contributed by atoms with Crippen molar-refractivity contribution in [1.29, 1.82) is 0 Å². The standard InChI is InChI=1S/C54H94O6/c1-4-7-10-13-16-19-21-23-25-27-29-30-32-35-38-41-44-47-53(56)59-50-51(49-58-52(55)46-43-40-37-34-18-15-12-9-6-3)60-54(57)48-45-42-39-36-33-31-28-26-24-22-20-17-14-11-8-5-2/h9,12,18,23,25-26,28,34,40,43,51H,4-8,10-11,13-17,19-22,24,27,29-33,35-39,41-42,44-50H2,1-3H3/b12-9-,25-23-,28-26-,34-18-,43-40-. The first-order chi connectivity index (χ1) is 29.5. The summed E-state index contributed by atoms with van der Waals surface area (Å²) in [5, 5.41) is 0. The van der Waals surface area contributed by atoms with E-state index in [0.29, 0.717) is 12.8 Å². The highest BCUT2D eigenvalue weighted by atomic mass is 16.6. The number of hydrogen-bond acceptors (Lipinski definition) is 6. The summed E-state index contributed by atoms with van der Waals surface area (Å²) in [6, 6.07) is 0. The number of esters is 3. The maximum atomic E-state index is 12.8. The number of allylic oxidation sites excluding steroid dienone is 9. The predicted molar refractivity (Wildman–Crippen MR) is 256 cm³/mol. The Labute approximate surface area is 370 Å². The number of carbonyl (C=O) groups is 3. The second-order valence-electron chi connectivity index (χ2n) is 16.7. The fourth-order valence-corrected chi connectivity index (χ4v) is 6.96. The van der Waals surface area contributed by atoms with Crippen LogP contribution in [0.1, 0.15) is 245 Å². The first-order valence-electron chi connectivity index (χ1n) is 25.3. The van der Waals surface area contributed by atoms with Crippen molar-refractivity contribution in [3.8, 4) is 0 Å². The number of rotatable bonds is 45. The van der Waals surface area contributed by atoms with Crippen LogP contribution in [0.2, 0.25) is 0 Å². The molecule has 0 amide bonds. The first-order valence-corrected chi connectivity index (χ1v) is 25.3. The normalized spacial score (nSPS) is 12.5. The number of hydrogen-bond donors (Lipinski definition) is 0. The molecular weight excluding hydrogens is 745 g/mol. The fourth-order valence-electron chi connectivity index (χ4n) is 6.96. The van der Waals surface area contributed by atoms with Gasteiger partial charge in [-0.05, 0) is 83.5 Å². The van der Waals surface area contributed by atoms with Gasteiger partial charge >= 0.3 is 17.9 Å². The molecule has 0 aromatic heterocycles. The summed E-state index contributed by atoms with van der Waals surface area (Å²) >= 11 is 0. The molecule has 0 aliphatic heterocycles. The van der Waals surface area contributed by atoms with Gasteiger partial charge in [0.1, 0.15) is 13.2 Å².